The highest BCUT2D eigenvalue weighted by Gasteiger charge is 2.13. The molecule has 1 unspecified atom stereocenters. The molecule has 3 N–H and O–H groups in total. The maximum atomic E-state index is 5.70. The topological polar surface area (TPSA) is 60.2 Å². The molecule has 1 aromatic heterocycles. The maximum absolute atomic E-state index is 5.70. The molecule has 0 amide bonds. The fourth-order valence-electron chi connectivity index (χ4n) is 1.93. The van der Waals surface area contributed by atoms with Gasteiger partial charge < -0.3 is 4.74 Å². The first-order valence-corrected chi connectivity index (χ1v) is 7.61. The molecule has 0 bridgehead atoms. The first-order chi connectivity index (χ1) is 9.74. The number of nitrogens with zero attached hydrogens (tertiary/aromatic N) is 1. The predicted octanol–water partition coefficient (Wildman–Crippen LogP) is 3.03. The monoisotopic (exact) mass is 383 g/mol. The van der Waals surface area contributed by atoms with Gasteiger partial charge in [0.15, 0.2) is 0 Å². The van der Waals surface area contributed by atoms with E-state index in [0.29, 0.717) is 6.61 Å². The lowest BCUT2D eigenvalue weighted by molar-refractivity contribution is 0.315. The maximum Gasteiger partial charge on any atom is 0.137 e. The van der Waals surface area contributed by atoms with Crippen LogP contribution in [0.15, 0.2) is 42.7 Å². The van der Waals surface area contributed by atoms with Gasteiger partial charge in [0, 0.05) is 9.77 Å². The van der Waals surface area contributed by atoms with E-state index in [1.165, 1.54) is 3.57 Å². The predicted molar refractivity (Wildman–Crippen MR) is 88.3 cm³/mol. The average molecular weight is 383 g/mol. The van der Waals surface area contributed by atoms with Gasteiger partial charge in [0.1, 0.15) is 5.75 Å². The third-order valence-electron chi connectivity index (χ3n) is 2.91. The largest absolute Gasteiger partial charge is 0.492 e. The molecule has 0 spiro atoms. The molecule has 5 heteroatoms. The van der Waals surface area contributed by atoms with Gasteiger partial charge in [0.05, 0.1) is 18.8 Å². The van der Waals surface area contributed by atoms with Crippen LogP contribution < -0.4 is 16.0 Å². The number of aromatic nitrogens is 1. The highest BCUT2D eigenvalue weighted by molar-refractivity contribution is 14.1. The molecule has 0 aliphatic rings. The summed E-state index contributed by atoms with van der Waals surface area (Å²) in [6.45, 7) is 2.77. The van der Waals surface area contributed by atoms with Crippen LogP contribution in [0.1, 0.15) is 30.5 Å². The summed E-state index contributed by atoms with van der Waals surface area (Å²) in [4.78, 5) is 4.23. The summed E-state index contributed by atoms with van der Waals surface area (Å²) in [5.41, 5.74) is 4.93. The van der Waals surface area contributed by atoms with E-state index in [1.807, 2.05) is 6.07 Å². The van der Waals surface area contributed by atoms with Crippen molar-refractivity contribution < 1.29 is 4.74 Å². The molecule has 0 fully saturated rings. The number of pyridine rings is 1. The van der Waals surface area contributed by atoms with Crippen molar-refractivity contribution in [2.75, 3.05) is 6.61 Å². The molecule has 0 aliphatic heterocycles. The molecule has 0 radical (unpaired) electrons. The number of nitrogens with two attached hydrogens (primary N) is 1. The number of hydrazine groups is 1. The minimum Gasteiger partial charge on any atom is -0.492 e. The Morgan fingerprint density at radius 3 is 2.65 bits per heavy atom. The minimum atomic E-state index is -0.0929. The summed E-state index contributed by atoms with van der Waals surface area (Å²) in [5, 5.41) is 0. The quantitative estimate of drug-likeness (QED) is 0.458. The Balaban J connectivity index is 2.24. The van der Waals surface area contributed by atoms with Crippen molar-refractivity contribution in [2.24, 2.45) is 5.84 Å². The van der Waals surface area contributed by atoms with Gasteiger partial charge in [-0.15, -0.1) is 0 Å². The van der Waals surface area contributed by atoms with Crippen molar-refractivity contribution in [3.8, 4) is 5.75 Å². The van der Waals surface area contributed by atoms with E-state index < -0.39 is 0 Å². The summed E-state index contributed by atoms with van der Waals surface area (Å²) in [6.07, 6.45) is 4.50. The normalized spacial score (nSPS) is 12.2. The molecule has 2 rings (SSSR count). The van der Waals surface area contributed by atoms with Gasteiger partial charge in [-0.25, -0.2) is 5.43 Å². The van der Waals surface area contributed by atoms with E-state index in [1.54, 1.807) is 12.4 Å². The van der Waals surface area contributed by atoms with Gasteiger partial charge in [-0.1, -0.05) is 19.1 Å². The fraction of sp³-hybridized carbons (Fsp3) is 0.267. The Morgan fingerprint density at radius 2 is 2.00 bits per heavy atom. The van der Waals surface area contributed by atoms with Crippen LogP contribution in [0.25, 0.3) is 0 Å². The zero-order valence-electron chi connectivity index (χ0n) is 11.3. The number of rotatable bonds is 6. The van der Waals surface area contributed by atoms with Crippen LogP contribution in [0, 0.1) is 3.57 Å². The Morgan fingerprint density at radius 1 is 1.25 bits per heavy atom. The smallest absolute Gasteiger partial charge is 0.137 e. The molecule has 1 aromatic carbocycles. The third kappa shape index (κ3) is 3.91. The zero-order chi connectivity index (χ0) is 14.4. The van der Waals surface area contributed by atoms with Crippen molar-refractivity contribution in [1.29, 1.82) is 0 Å². The first kappa shape index (κ1) is 15.2. The van der Waals surface area contributed by atoms with Crippen LogP contribution in [-0.4, -0.2) is 11.6 Å². The van der Waals surface area contributed by atoms with Crippen molar-refractivity contribution in [3.63, 3.8) is 0 Å². The molecular weight excluding hydrogens is 365 g/mol. The summed E-state index contributed by atoms with van der Waals surface area (Å²) in [6, 6.07) is 10.1. The number of ether oxygens (including phenoxy) is 1. The zero-order valence-corrected chi connectivity index (χ0v) is 13.5. The Labute approximate surface area is 132 Å². The van der Waals surface area contributed by atoms with E-state index in [0.717, 1.165) is 23.3 Å². The molecule has 1 heterocycles. The summed E-state index contributed by atoms with van der Waals surface area (Å²) in [7, 11) is 0. The number of nitrogens with one attached hydrogen (secondary N) is 1. The van der Waals surface area contributed by atoms with Gasteiger partial charge in [-0.2, -0.15) is 0 Å². The standard InChI is InChI=1S/C15H18IN3O/c1-2-7-20-14-8-12(9-18-10-14)15(19-17)11-3-5-13(16)6-4-11/h3-6,8-10,15,19H,2,7,17H2,1H3. The van der Waals surface area contributed by atoms with E-state index in [2.05, 4.69) is 64.2 Å². The van der Waals surface area contributed by atoms with E-state index in [4.69, 9.17) is 10.6 Å². The summed E-state index contributed by atoms with van der Waals surface area (Å²) < 4.78 is 6.81. The SMILES string of the molecule is CCCOc1cncc(C(NN)c2ccc(I)cc2)c1. The lowest BCUT2D eigenvalue weighted by atomic mass is 10.0. The van der Waals surface area contributed by atoms with Crippen molar-refractivity contribution in [2.45, 2.75) is 19.4 Å². The van der Waals surface area contributed by atoms with Crippen molar-refractivity contribution >= 4 is 22.6 Å². The Hall–Kier alpha value is -1.18. The first-order valence-electron chi connectivity index (χ1n) is 6.54. The van der Waals surface area contributed by atoms with Gasteiger partial charge >= 0.3 is 0 Å². The highest BCUT2D eigenvalue weighted by atomic mass is 127. The molecular formula is C15H18IN3O. The highest BCUT2D eigenvalue weighted by Crippen LogP contribution is 2.24. The minimum absolute atomic E-state index is 0.0929. The summed E-state index contributed by atoms with van der Waals surface area (Å²) >= 11 is 2.28. The van der Waals surface area contributed by atoms with Gasteiger partial charge in [0.25, 0.3) is 0 Å². The van der Waals surface area contributed by atoms with Crippen LogP contribution in [0.4, 0.5) is 0 Å². The van der Waals surface area contributed by atoms with E-state index >= 15 is 0 Å². The van der Waals surface area contributed by atoms with E-state index in [-0.39, 0.29) is 6.04 Å². The van der Waals surface area contributed by atoms with Gasteiger partial charge in [0.2, 0.25) is 0 Å². The van der Waals surface area contributed by atoms with Crippen molar-refractivity contribution in [1.82, 2.24) is 10.4 Å². The Kier molecular flexibility index (Phi) is 5.75. The molecule has 0 saturated carbocycles. The Bertz CT molecular complexity index is 545. The molecule has 0 saturated heterocycles. The third-order valence-corrected chi connectivity index (χ3v) is 3.63. The molecule has 0 aliphatic carbocycles. The van der Waals surface area contributed by atoms with Crippen LogP contribution in [0.2, 0.25) is 0 Å². The van der Waals surface area contributed by atoms with Crippen LogP contribution in [-0.2, 0) is 0 Å². The molecule has 106 valence electrons. The lowest BCUT2D eigenvalue weighted by Crippen LogP contribution is -2.28. The van der Waals surface area contributed by atoms with E-state index in [9.17, 15) is 0 Å². The fourth-order valence-corrected chi connectivity index (χ4v) is 2.29. The summed E-state index contributed by atoms with van der Waals surface area (Å²) in [5.74, 6) is 6.48. The second kappa shape index (κ2) is 7.56. The number of benzene rings is 1. The number of hydrogen-bond donors (Lipinski definition) is 2. The van der Waals surface area contributed by atoms with Crippen molar-refractivity contribution in [3.05, 3.63) is 57.4 Å². The van der Waals surface area contributed by atoms with Crippen LogP contribution in [0.5, 0.6) is 5.75 Å². The molecule has 2 aromatic rings. The second-order valence-electron chi connectivity index (χ2n) is 4.45. The van der Waals surface area contributed by atoms with Gasteiger partial charge in [-0.05, 0) is 58.3 Å². The molecule has 4 nitrogen and oxygen atoms in total. The number of hydrogen-bond acceptors (Lipinski definition) is 4. The van der Waals surface area contributed by atoms with Gasteiger partial charge in [-0.3, -0.25) is 10.8 Å². The lowest BCUT2D eigenvalue weighted by Gasteiger charge is -2.17. The second-order valence-corrected chi connectivity index (χ2v) is 5.70. The van der Waals surface area contributed by atoms with Crippen LogP contribution >= 0.6 is 22.6 Å². The average Bonchev–Trinajstić information content (AvgIpc) is 2.48. The number of halogens is 1. The van der Waals surface area contributed by atoms with Crippen LogP contribution in [0.3, 0.4) is 0 Å². The molecule has 20 heavy (non-hydrogen) atoms. The molecule has 1 atom stereocenters.